The molecule has 19 heavy (non-hydrogen) atoms. The summed E-state index contributed by atoms with van der Waals surface area (Å²) in [4.78, 5) is 15.9. The minimum Gasteiger partial charge on any atom is -0.444 e. The largest absolute Gasteiger partial charge is 0.444 e. The second-order valence-corrected chi connectivity index (χ2v) is 4.32. The van der Waals surface area contributed by atoms with E-state index in [2.05, 4.69) is 10.3 Å². The topological polar surface area (TPSA) is 81.2 Å². The Hall–Kier alpha value is -2.14. The molecule has 2 aromatic rings. The van der Waals surface area contributed by atoms with Crippen LogP contribution in [-0.2, 0) is 4.79 Å². The number of benzene rings is 1. The van der Waals surface area contributed by atoms with Gasteiger partial charge < -0.3 is 15.5 Å². The molecule has 2 rings (SSSR count). The smallest absolute Gasteiger partial charge is 0.226 e. The number of nitrogens with two attached hydrogens (primary N) is 1. The average molecular weight is 259 g/mol. The lowest BCUT2D eigenvalue weighted by Crippen LogP contribution is -2.13. The van der Waals surface area contributed by atoms with Gasteiger partial charge in [0.15, 0.2) is 0 Å². The highest BCUT2D eigenvalue weighted by Gasteiger charge is 2.07. The monoisotopic (exact) mass is 259 g/mol. The van der Waals surface area contributed by atoms with E-state index in [0.717, 1.165) is 16.9 Å². The van der Waals surface area contributed by atoms with Crippen molar-refractivity contribution in [1.82, 2.24) is 4.98 Å². The third kappa shape index (κ3) is 3.66. The number of carbonyl (C=O) groups is 1. The van der Waals surface area contributed by atoms with Crippen LogP contribution in [0.3, 0.4) is 0 Å². The Bertz CT molecular complexity index is 563. The number of anilines is 1. The van der Waals surface area contributed by atoms with E-state index in [0.29, 0.717) is 25.3 Å². The first-order valence-corrected chi connectivity index (χ1v) is 6.21. The number of nitrogens with one attached hydrogen (secondary N) is 1. The van der Waals surface area contributed by atoms with Gasteiger partial charge >= 0.3 is 0 Å². The SMILES string of the molecule is Cc1coc(-c2cccc(NC(=O)CCCN)c2)n1. The van der Waals surface area contributed by atoms with Gasteiger partial charge in [-0.25, -0.2) is 4.98 Å². The molecule has 0 aliphatic heterocycles. The molecule has 1 heterocycles. The molecule has 0 aliphatic rings. The van der Waals surface area contributed by atoms with E-state index in [1.54, 1.807) is 6.26 Å². The summed E-state index contributed by atoms with van der Waals surface area (Å²) in [6.45, 7) is 2.38. The molecule has 1 amide bonds. The van der Waals surface area contributed by atoms with Gasteiger partial charge in [-0.2, -0.15) is 0 Å². The predicted octanol–water partition coefficient (Wildman–Crippen LogP) is 2.33. The molecule has 0 fully saturated rings. The lowest BCUT2D eigenvalue weighted by molar-refractivity contribution is -0.116. The van der Waals surface area contributed by atoms with Gasteiger partial charge in [0.1, 0.15) is 6.26 Å². The van der Waals surface area contributed by atoms with E-state index in [-0.39, 0.29) is 5.91 Å². The summed E-state index contributed by atoms with van der Waals surface area (Å²) in [5.74, 6) is 0.516. The van der Waals surface area contributed by atoms with Crippen molar-refractivity contribution < 1.29 is 9.21 Å². The van der Waals surface area contributed by atoms with Gasteiger partial charge in [-0.05, 0) is 38.1 Å². The first-order chi connectivity index (χ1) is 9.19. The lowest BCUT2D eigenvalue weighted by Gasteiger charge is -2.05. The molecule has 0 bridgehead atoms. The van der Waals surface area contributed by atoms with Crippen molar-refractivity contribution in [2.75, 3.05) is 11.9 Å². The van der Waals surface area contributed by atoms with Gasteiger partial charge in [-0.3, -0.25) is 4.79 Å². The summed E-state index contributed by atoms with van der Waals surface area (Å²) in [5.41, 5.74) is 7.77. The normalized spacial score (nSPS) is 10.4. The maximum atomic E-state index is 11.6. The van der Waals surface area contributed by atoms with Crippen molar-refractivity contribution in [2.45, 2.75) is 19.8 Å². The van der Waals surface area contributed by atoms with Crippen molar-refractivity contribution in [3.8, 4) is 11.5 Å². The van der Waals surface area contributed by atoms with E-state index in [1.165, 1.54) is 0 Å². The molecule has 0 unspecified atom stereocenters. The summed E-state index contributed by atoms with van der Waals surface area (Å²) in [6, 6.07) is 7.42. The van der Waals surface area contributed by atoms with Crippen LogP contribution in [0, 0.1) is 6.92 Å². The zero-order valence-corrected chi connectivity index (χ0v) is 10.8. The van der Waals surface area contributed by atoms with Crippen molar-refractivity contribution in [2.24, 2.45) is 5.73 Å². The van der Waals surface area contributed by atoms with Crippen LogP contribution in [0.4, 0.5) is 5.69 Å². The van der Waals surface area contributed by atoms with E-state index >= 15 is 0 Å². The minimum atomic E-state index is -0.0359. The molecule has 0 radical (unpaired) electrons. The molecule has 0 saturated carbocycles. The molecule has 0 aliphatic carbocycles. The Balaban J connectivity index is 2.09. The van der Waals surface area contributed by atoms with Crippen molar-refractivity contribution >= 4 is 11.6 Å². The molecule has 5 heteroatoms. The van der Waals surface area contributed by atoms with Gasteiger partial charge in [0.2, 0.25) is 11.8 Å². The zero-order chi connectivity index (χ0) is 13.7. The number of nitrogens with zero attached hydrogens (tertiary/aromatic N) is 1. The Morgan fingerprint density at radius 3 is 3.00 bits per heavy atom. The molecule has 1 aromatic carbocycles. The second-order valence-electron chi connectivity index (χ2n) is 4.32. The molecule has 100 valence electrons. The number of aromatic nitrogens is 1. The minimum absolute atomic E-state index is 0.0359. The number of oxazole rings is 1. The number of hydrogen-bond donors (Lipinski definition) is 2. The van der Waals surface area contributed by atoms with Crippen LogP contribution in [0.15, 0.2) is 34.9 Å². The predicted molar refractivity (Wildman–Crippen MR) is 73.6 cm³/mol. The van der Waals surface area contributed by atoms with Crippen LogP contribution in [-0.4, -0.2) is 17.4 Å². The molecule has 0 spiro atoms. The fraction of sp³-hybridized carbons (Fsp3) is 0.286. The highest BCUT2D eigenvalue weighted by atomic mass is 16.3. The third-order valence-corrected chi connectivity index (χ3v) is 2.62. The lowest BCUT2D eigenvalue weighted by atomic mass is 10.2. The maximum absolute atomic E-state index is 11.6. The molecule has 5 nitrogen and oxygen atoms in total. The van der Waals surface area contributed by atoms with Gasteiger partial charge in [0, 0.05) is 17.7 Å². The number of hydrogen-bond acceptors (Lipinski definition) is 4. The highest BCUT2D eigenvalue weighted by Crippen LogP contribution is 2.22. The second kappa shape index (κ2) is 6.15. The molecular formula is C14H17N3O2. The van der Waals surface area contributed by atoms with Crippen LogP contribution >= 0.6 is 0 Å². The summed E-state index contributed by atoms with van der Waals surface area (Å²) in [5, 5.41) is 2.83. The molecular weight excluding hydrogens is 242 g/mol. The first kappa shape index (κ1) is 13.3. The van der Waals surface area contributed by atoms with E-state index in [9.17, 15) is 4.79 Å². The quantitative estimate of drug-likeness (QED) is 0.863. The van der Waals surface area contributed by atoms with Crippen LogP contribution in [0.25, 0.3) is 11.5 Å². The summed E-state index contributed by atoms with van der Waals surface area (Å²) in [6.07, 6.45) is 2.71. The van der Waals surface area contributed by atoms with E-state index < -0.39 is 0 Å². The van der Waals surface area contributed by atoms with Gasteiger partial charge in [-0.15, -0.1) is 0 Å². The van der Waals surface area contributed by atoms with Crippen molar-refractivity contribution in [3.63, 3.8) is 0 Å². The summed E-state index contributed by atoms with van der Waals surface area (Å²) < 4.78 is 5.33. The van der Waals surface area contributed by atoms with E-state index in [1.807, 2.05) is 31.2 Å². The maximum Gasteiger partial charge on any atom is 0.226 e. The van der Waals surface area contributed by atoms with Crippen LogP contribution in [0.1, 0.15) is 18.5 Å². The number of aryl methyl sites for hydroxylation is 1. The Labute approximate surface area is 111 Å². The van der Waals surface area contributed by atoms with Crippen LogP contribution < -0.4 is 11.1 Å². The fourth-order valence-corrected chi connectivity index (χ4v) is 1.70. The number of carbonyl (C=O) groups excluding carboxylic acids is 1. The van der Waals surface area contributed by atoms with Crippen molar-refractivity contribution in [3.05, 3.63) is 36.2 Å². The zero-order valence-electron chi connectivity index (χ0n) is 10.8. The summed E-state index contributed by atoms with van der Waals surface area (Å²) >= 11 is 0. The Morgan fingerprint density at radius 2 is 2.32 bits per heavy atom. The van der Waals surface area contributed by atoms with Gasteiger partial charge in [-0.1, -0.05) is 6.07 Å². The highest BCUT2D eigenvalue weighted by molar-refractivity contribution is 5.91. The average Bonchev–Trinajstić information content (AvgIpc) is 2.83. The Kier molecular flexibility index (Phi) is 4.30. The third-order valence-electron chi connectivity index (χ3n) is 2.62. The van der Waals surface area contributed by atoms with Gasteiger partial charge in [0.05, 0.1) is 5.69 Å². The molecule has 0 saturated heterocycles. The van der Waals surface area contributed by atoms with Crippen molar-refractivity contribution in [1.29, 1.82) is 0 Å². The number of rotatable bonds is 5. The molecule has 3 N–H and O–H groups in total. The van der Waals surface area contributed by atoms with Crippen LogP contribution in [0.5, 0.6) is 0 Å². The van der Waals surface area contributed by atoms with Crippen LogP contribution in [0.2, 0.25) is 0 Å². The number of amides is 1. The molecule has 1 aromatic heterocycles. The van der Waals surface area contributed by atoms with E-state index in [4.69, 9.17) is 10.2 Å². The molecule has 0 atom stereocenters. The summed E-state index contributed by atoms with van der Waals surface area (Å²) in [7, 11) is 0. The fourth-order valence-electron chi connectivity index (χ4n) is 1.70. The standard InChI is InChI=1S/C14H17N3O2/c1-10-9-19-14(16-10)11-4-2-5-12(8-11)17-13(18)6-3-7-15/h2,4-5,8-9H,3,6-7,15H2,1H3,(H,17,18). The van der Waals surface area contributed by atoms with Gasteiger partial charge in [0.25, 0.3) is 0 Å². The first-order valence-electron chi connectivity index (χ1n) is 6.21. The Morgan fingerprint density at radius 1 is 1.47 bits per heavy atom.